The molecule has 2 amide bonds. The molecule has 7 heteroatoms. The quantitative estimate of drug-likeness (QED) is 0.757. The third-order valence-electron chi connectivity index (χ3n) is 4.94. The highest BCUT2D eigenvalue weighted by molar-refractivity contribution is 5.97. The molecule has 2 rings (SSSR count). The van der Waals surface area contributed by atoms with Crippen molar-refractivity contribution in [1.82, 2.24) is 9.80 Å². The van der Waals surface area contributed by atoms with Crippen molar-refractivity contribution >= 4 is 29.9 Å². The second kappa shape index (κ2) is 9.90. The smallest absolute Gasteiger partial charge is 0.253 e. The molecule has 0 spiro atoms. The van der Waals surface area contributed by atoms with E-state index >= 15 is 0 Å². The lowest BCUT2D eigenvalue weighted by atomic mass is 9.90. The lowest BCUT2D eigenvalue weighted by molar-refractivity contribution is -0.117. The van der Waals surface area contributed by atoms with Crippen LogP contribution in [0.15, 0.2) is 24.3 Å². The Morgan fingerprint density at radius 2 is 2.00 bits per heavy atom. The Hall–Kier alpha value is -1.63. The molecule has 1 aromatic carbocycles. The minimum absolute atomic E-state index is 0. The Bertz CT molecular complexity index is 621. The summed E-state index contributed by atoms with van der Waals surface area (Å²) in [5.41, 5.74) is 7.17. The summed E-state index contributed by atoms with van der Waals surface area (Å²) in [5.74, 6) is -0.0759. The molecule has 1 aromatic rings. The van der Waals surface area contributed by atoms with Crippen LogP contribution < -0.4 is 11.1 Å². The van der Waals surface area contributed by atoms with Crippen LogP contribution in [-0.2, 0) is 4.79 Å². The highest BCUT2D eigenvalue weighted by Crippen LogP contribution is 2.28. The fraction of sp³-hybridized carbons (Fsp3) is 0.579. The van der Waals surface area contributed by atoms with Crippen LogP contribution in [0.4, 0.5) is 5.69 Å². The topological polar surface area (TPSA) is 78.7 Å². The summed E-state index contributed by atoms with van der Waals surface area (Å²) in [4.78, 5) is 28.6. The number of nitrogens with zero attached hydrogens (tertiary/aromatic N) is 2. The third kappa shape index (κ3) is 5.69. The zero-order valence-corrected chi connectivity index (χ0v) is 16.8. The van der Waals surface area contributed by atoms with Crippen LogP contribution in [0.5, 0.6) is 0 Å². The number of hydrogen-bond donors (Lipinski definition) is 2. The van der Waals surface area contributed by atoms with Gasteiger partial charge in [-0.2, -0.15) is 0 Å². The molecule has 0 bridgehead atoms. The number of rotatable bonds is 7. The SMILES string of the molecule is CCN(CC)C(=O)c1cccc(NC(=O)CN2CCC(C)(CN)C2)c1.Cl. The minimum atomic E-state index is -0.0614. The van der Waals surface area contributed by atoms with Crippen molar-refractivity contribution in [3.05, 3.63) is 29.8 Å². The second-order valence-electron chi connectivity index (χ2n) is 7.08. The van der Waals surface area contributed by atoms with Crippen molar-refractivity contribution in [2.24, 2.45) is 11.1 Å². The predicted octanol–water partition coefficient (Wildman–Crippen LogP) is 2.20. The summed E-state index contributed by atoms with van der Waals surface area (Å²) in [6.45, 7) is 10.1. The first kappa shape index (κ1) is 22.4. The number of hydrogen-bond acceptors (Lipinski definition) is 4. The van der Waals surface area contributed by atoms with Crippen molar-refractivity contribution in [3.63, 3.8) is 0 Å². The molecule has 1 aliphatic rings. The normalized spacial score (nSPS) is 19.7. The largest absolute Gasteiger partial charge is 0.339 e. The number of carbonyl (C=O) groups is 2. The van der Waals surface area contributed by atoms with Crippen LogP contribution in [0.25, 0.3) is 0 Å². The molecule has 0 aliphatic carbocycles. The number of carbonyl (C=O) groups excluding carboxylic acids is 2. The molecule has 6 nitrogen and oxygen atoms in total. The number of anilines is 1. The van der Waals surface area contributed by atoms with Gasteiger partial charge in [0.05, 0.1) is 6.54 Å². The Morgan fingerprint density at radius 1 is 1.31 bits per heavy atom. The fourth-order valence-electron chi connectivity index (χ4n) is 3.25. The number of likely N-dealkylation sites (tertiary alicyclic amines) is 1. The molecular weight excluding hydrogens is 352 g/mol. The maximum atomic E-state index is 12.4. The first-order chi connectivity index (χ1) is 11.9. The van der Waals surface area contributed by atoms with E-state index in [1.54, 1.807) is 23.1 Å². The van der Waals surface area contributed by atoms with E-state index < -0.39 is 0 Å². The summed E-state index contributed by atoms with van der Waals surface area (Å²) >= 11 is 0. The van der Waals surface area contributed by atoms with Crippen LogP contribution in [0.1, 0.15) is 37.6 Å². The molecule has 1 fully saturated rings. The van der Waals surface area contributed by atoms with Gasteiger partial charge in [0.15, 0.2) is 0 Å². The zero-order chi connectivity index (χ0) is 18.4. The molecule has 0 saturated carbocycles. The number of halogens is 1. The maximum absolute atomic E-state index is 12.4. The number of amides is 2. The van der Waals surface area contributed by atoms with E-state index in [4.69, 9.17) is 5.73 Å². The molecule has 0 aromatic heterocycles. The fourth-order valence-corrected chi connectivity index (χ4v) is 3.25. The van der Waals surface area contributed by atoms with E-state index in [0.717, 1.165) is 19.5 Å². The zero-order valence-electron chi connectivity index (χ0n) is 16.0. The van der Waals surface area contributed by atoms with Crippen LogP contribution in [0.2, 0.25) is 0 Å². The van der Waals surface area contributed by atoms with Gasteiger partial charge in [-0.3, -0.25) is 14.5 Å². The van der Waals surface area contributed by atoms with Crippen molar-refractivity contribution < 1.29 is 9.59 Å². The second-order valence-corrected chi connectivity index (χ2v) is 7.08. The van der Waals surface area contributed by atoms with Crippen LogP contribution in [-0.4, -0.2) is 60.9 Å². The maximum Gasteiger partial charge on any atom is 0.253 e. The minimum Gasteiger partial charge on any atom is -0.339 e. The molecule has 146 valence electrons. The lowest BCUT2D eigenvalue weighted by Gasteiger charge is -2.22. The average molecular weight is 383 g/mol. The molecule has 1 saturated heterocycles. The molecule has 1 heterocycles. The van der Waals surface area contributed by atoms with E-state index in [0.29, 0.717) is 37.4 Å². The van der Waals surface area contributed by atoms with E-state index in [-0.39, 0.29) is 29.6 Å². The van der Waals surface area contributed by atoms with Gasteiger partial charge in [-0.15, -0.1) is 12.4 Å². The standard InChI is InChI=1S/C19H30N4O2.ClH/c1-4-23(5-2)18(25)15-7-6-8-16(11-15)21-17(24)12-22-10-9-19(3,13-20)14-22;/h6-8,11H,4-5,9-10,12-14,20H2,1-3H3,(H,21,24);1H. The highest BCUT2D eigenvalue weighted by Gasteiger charge is 2.33. The van der Waals surface area contributed by atoms with Gasteiger partial charge in [-0.05, 0) is 57.0 Å². The van der Waals surface area contributed by atoms with Gasteiger partial charge in [0.2, 0.25) is 5.91 Å². The molecule has 1 atom stereocenters. The van der Waals surface area contributed by atoms with Crippen molar-refractivity contribution in [2.45, 2.75) is 27.2 Å². The Labute approximate surface area is 162 Å². The molecule has 26 heavy (non-hydrogen) atoms. The monoisotopic (exact) mass is 382 g/mol. The number of benzene rings is 1. The Morgan fingerprint density at radius 3 is 2.58 bits per heavy atom. The van der Waals surface area contributed by atoms with Gasteiger partial charge < -0.3 is 16.0 Å². The van der Waals surface area contributed by atoms with E-state index in [2.05, 4.69) is 17.1 Å². The summed E-state index contributed by atoms with van der Waals surface area (Å²) in [6.07, 6.45) is 1.02. The van der Waals surface area contributed by atoms with E-state index in [1.165, 1.54) is 0 Å². The summed E-state index contributed by atoms with van der Waals surface area (Å²) in [5, 5.41) is 2.90. The van der Waals surface area contributed by atoms with Crippen molar-refractivity contribution in [1.29, 1.82) is 0 Å². The number of nitrogens with one attached hydrogen (secondary N) is 1. The van der Waals surface area contributed by atoms with Crippen LogP contribution in [0.3, 0.4) is 0 Å². The van der Waals surface area contributed by atoms with Crippen molar-refractivity contribution in [2.75, 3.05) is 44.6 Å². The predicted molar refractivity (Wildman–Crippen MR) is 108 cm³/mol. The summed E-state index contributed by atoms with van der Waals surface area (Å²) in [7, 11) is 0. The number of nitrogens with two attached hydrogens (primary N) is 1. The lowest BCUT2D eigenvalue weighted by Crippen LogP contribution is -2.35. The van der Waals surface area contributed by atoms with Gasteiger partial charge in [-0.1, -0.05) is 13.0 Å². The van der Waals surface area contributed by atoms with Gasteiger partial charge >= 0.3 is 0 Å². The van der Waals surface area contributed by atoms with Crippen LogP contribution >= 0.6 is 12.4 Å². The molecule has 1 unspecified atom stereocenters. The Kier molecular flexibility index (Phi) is 8.53. The average Bonchev–Trinajstić information content (AvgIpc) is 2.97. The molecular formula is C19H31ClN4O2. The first-order valence-electron chi connectivity index (χ1n) is 9.02. The van der Waals surface area contributed by atoms with E-state index in [1.807, 2.05) is 19.9 Å². The van der Waals surface area contributed by atoms with Crippen molar-refractivity contribution in [3.8, 4) is 0 Å². The highest BCUT2D eigenvalue weighted by atomic mass is 35.5. The molecule has 3 N–H and O–H groups in total. The van der Waals surface area contributed by atoms with E-state index in [9.17, 15) is 9.59 Å². The molecule has 0 radical (unpaired) electrons. The van der Waals surface area contributed by atoms with Crippen LogP contribution in [0, 0.1) is 5.41 Å². The molecule has 1 aliphatic heterocycles. The first-order valence-corrected chi connectivity index (χ1v) is 9.02. The Balaban J connectivity index is 0.00000338. The van der Waals surface area contributed by atoms with Gasteiger partial charge in [0.1, 0.15) is 0 Å². The summed E-state index contributed by atoms with van der Waals surface area (Å²) in [6, 6.07) is 7.13. The van der Waals surface area contributed by atoms with Gasteiger partial charge in [0.25, 0.3) is 5.91 Å². The van der Waals surface area contributed by atoms with Gasteiger partial charge in [0, 0.05) is 30.9 Å². The summed E-state index contributed by atoms with van der Waals surface area (Å²) < 4.78 is 0. The third-order valence-corrected chi connectivity index (χ3v) is 4.94. The van der Waals surface area contributed by atoms with Gasteiger partial charge in [-0.25, -0.2) is 0 Å².